The van der Waals surface area contributed by atoms with Crippen molar-refractivity contribution < 1.29 is 14.3 Å². The Morgan fingerprint density at radius 2 is 1.68 bits per heavy atom. The zero-order valence-corrected chi connectivity index (χ0v) is 14.3. The summed E-state index contributed by atoms with van der Waals surface area (Å²) in [5.41, 5.74) is 8.45. The normalized spacial score (nSPS) is 10.5. The molecule has 0 aliphatic heterocycles. The minimum atomic E-state index is -0.444. The molecule has 0 aliphatic carbocycles. The van der Waals surface area contributed by atoms with Crippen molar-refractivity contribution >= 4 is 28.2 Å². The zero-order chi connectivity index (χ0) is 18.0. The van der Waals surface area contributed by atoms with Crippen LogP contribution in [0.15, 0.2) is 48.7 Å². The van der Waals surface area contributed by atoms with Gasteiger partial charge in [0.25, 0.3) is 0 Å². The van der Waals surface area contributed by atoms with Crippen molar-refractivity contribution in [2.24, 2.45) is 5.73 Å². The number of carbonyl (C=O) groups excluding carboxylic acids is 1. The van der Waals surface area contributed by atoms with Crippen LogP contribution in [-0.4, -0.2) is 32.2 Å². The van der Waals surface area contributed by atoms with E-state index in [1.54, 1.807) is 32.5 Å². The number of carbonyl (C=O) groups is 1. The fourth-order valence-electron chi connectivity index (χ4n) is 2.74. The number of methoxy groups -OCH3 is 2. The van der Waals surface area contributed by atoms with Gasteiger partial charge in [-0.2, -0.15) is 0 Å². The Balaban J connectivity index is 2.09. The number of aromatic nitrogens is 1. The number of nitrogens with zero attached hydrogens (tertiary/aromatic N) is 2. The Morgan fingerprint density at radius 1 is 1.04 bits per heavy atom. The molecular formula is C19H19N3O3. The van der Waals surface area contributed by atoms with Crippen LogP contribution in [0.4, 0.5) is 11.4 Å². The van der Waals surface area contributed by atoms with Crippen LogP contribution in [0, 0.1) is 0 Å². The number of primary amides is 1. The summed E-state index contributed by atoms with van der Waals surface area (Å²) in [4.78, 5) is 17.7. The summed E-state index contributed by atoms with van der Waals surface area (Å²) in [7, 11) is 5.15. The second-order valence-corrected chi connectivity index (χ2v) is 5.52. The third-order valence-electron chi connectivity index (χ3n) is 4.12. The monoisotopic (exact) mass is 337 g/mol. The standard InChI is InChI=1S/C19H19N3O3/c1-22(13-6-4-12(5-7-13)19(20)23)16-8-9-21-15-11-18(25-3)17(24-2)10-14(15)16/h4-11H,1-3H3,(H2,20,23). The van der Waals surface area contributed by atoms with Crippen molar-refractivity contribution in [2.75, 3.05) is 26.2 Å². The number of ether oxygens (including phenoxy) is 2. The Labute approximate surface area is 145 Å². The number of pyridine rings is 1. The van der Waals surface area contributed by atoms with Crippen LogP contribution in [-0.2, 0) is 0 Å². The number of benzene rings is 2. The van der Waals surface area contributed by atoms with Crippen LogP contribution in [0.3, 0.4) is 0 Å². The Kier molecular flexibility index (Phi) is 4.43. The van der Waals surface area contributed by atoms with E-state index in [1.165, 1.54) is 0 Å². The average molecular weight is 337 g/mol. The van der Waals surface area contributed by atoms with E-state index >= 15 is 0 Å². The van der Waals surface area contributed by atoms with Crippen LogP contribution >= 0.6 is 0 Å². The van der Waals surface area contributed by atoms with E-state index in [0.717, 1.165) is 22.3 Å². The topological polar surface area (TPSA) is 77.7 Å². The summed E-state index contributed by atoms with van der Waals surface area (Å²) >= 11 is 0. The Hall–Kier alpha value is -3.28. The van der Waals surface area contributed by atoms with Crippen LogP contribution in [0.2, 0.25) is 0 Å². The van der Waals surface area contributed by atoms with Crippen molar-refractivity contribution in [1.82, 2.24) is 4.98 Å². The van der Waals surface area contributed by atoms with Gasteiger partial charge in [-0.05, 0) is 36.4 Å². The molecule has 1 amide bonds. The fraction of sp³-hybridized carbons (Fsp3) is 0.158. The van der Waals surface area contributed by atoms with Gasteiger partial charge in [-0.1, -0.05) is 0 Å². The van der Waals surface area contributed by atoms with Gasteiger partial charge in [0.15, 0.2) is 11.5 Å². The molecule has 6 heteroatoms. The number of nitrogens with two attached hydrogens (primary N) is 1. The lowest BCUT2D eigenvalue weighted by Crippen LogP contribution is -2.13. The number of fused-ring (bicyclic) bond motifs is 1. The first-order valence-corrected chi connectivity index (χ1v) is 7.69. The third kappa shape index (κ3) is 3.06. The molecule has 6 nitrogen and oxygen atoms in total. The van der Waals surface area contributed by atoms with Crippen LogP contribution in [0.1, 0.15) is 10.4 Å². The summed E-state index contributed by atoms with van der Waals surface area (Å²) < 4.78 is 10.7. The smallest absolute Gasteiger partial charge is 0.248 e. The van der Waals surface area contributed by atoms with E-state index in [4.69, 9.17) is 15.2 Å². The summed E-state index contributed by atoms with van der Waals surface area (Å²) in [6.07, 6.45) is 1.75. The molecule has 0 spiro atoms. The molecule has 2 aromatic carbocycles. The molecular weight excluding hydrogens is 318 g/mol. The fourth-order valence-corrected chi connectivity index (χ4v) is 2.74. The van der Waals surface area contributed by atoms with Gasteiger partial charge >= 0.3 is 0 Å². The molecule has 128 valence electrons. The van der Waals surface area contributed by atoms with Gasteiger partial charge in [0.2, 0.25) is 5.91 Å². The van der Waals surface area contributed by atoms with E-state index in [-0.39, 0.29) is 0 Å². The molecule has 25 heavy (non-hydrogen) atoms. The van der Waals surface area contributed by atoms with E-state index in [2.05, 4.69) is 4.98 Å². The van der Waals surface area contributed by atoms with E-state index in [1.807, 2.05) is 42.3 Å². The number of amides is 1. The highest BCUT2D eigenvalue weighted by Crippen LogP contribution is 2.37. The van der Waals surface area contributed by atoms with Gasteiger partial charge < -0.3 is 20.1 Å². The molecule has 2 N–H and O–H groups in total. The van der Waals surface area contributed by atoms with Crippen molar-refractivity contribution in [2.45, 2.75) is 0 Å². The highest BCUT2D eigenvalue weighted by atomic mass is 16.5. The quantitative estimate of drug-likeness (QED) is 0.774. The van der Waals surface area contributed by atoms with Gasteiger partial charge in [-0.3, -0.25) is 9.78 Å². The molecule has 0 unspecified atom stereocenters. The lowest BCUT2D eigenvalue weighted by atomic mass is 10.1. The molecule has 3 aromatic rings. The van der Waals surface area contributed by atoms with Crippen LogP contribution in [0.5, 0.6) is 11.5 Å². The molecule has 0 saturated heterocycles. The summed E-state index contributed by atoms with van der Waals surface area (Å²) in [5, 5.41) is 0.932. The van der Waals surface area contributed by atoms with Gasteiger partial charge in [0.05, 0.1) is 25.4 Å². The molecule has 0 bridgehead atoms. The lowest BCUT2D eigenvalue weighted by Gasteiger charge is -2.22. The predicted octanol–water partition coefficient (Wildman–Crippen LogP) is 3.12. The highest BCUT2D eigenvalue weighted by molar-refractivity contribution is 5.96. The molecule has 3 rings (SSSR count). The molecule has 1 aromatic heterocycles. The number of hydrogen-bond donors (Lipinski definition) is 1. The van der Waals surface area contributed by atoms with E-state index in [0.29, 0.717) is 17.1 Å². The van der Waals surface area contributed by atoms with Gasteiger partial charge in [-0.15, -0.1) is 0 Å². The molecule has 0 saturated carbocycles. The van der Waals surface area contributed by atoms with Gasteiger partial charge in [-0.25, -0.2) is 0 Å². The number of rotatable bonds is 5. The maximum absolute atomic E-state index is 11.2. The van der Waals surface area contributed by atoms with Crippen LogP contribution in [0.25, 0.3) is 10.9 Å². The van der Waals surface area contributed by atoms with Crippen molar-refractivity contribution in [3.05, 3.63) is 54.2 Å². The summed E-state index contributed by atoms with van der Waals surface area (Å²) in [6.45, 7) is 0. The largest absolute Gasteiger partial charge is 0.493 e. The Morgan fingerprint density at radius 3 is 2.28 bits per heavy atom. The highest BCUT2D eigenvalue weighted by Gasteiger charge is 2.13. The SMILES string of the molecule is COc1cc2nccc(N(C)c3ccc(C(N)=O)cc3)c2cc1OC. The van der Waals surface area contributed by atoms with E-state index in [9.17, 15) is 4.79 Å². The lowest BCUT2D eigenvalue weighted by molar-refractivity contribution is 0.100. The maximum Gasteiger partial charge on any atom is 0.248 e. The molecule has 1 heterocycles. The molecule has 0 atom stereocenters. The minimum Gasteiger partial charge on any atom is -0.493 e. The number of anilines is 2. The number of hydrogen-bond acceptors (Lipinski definition) is 5. The third-order valence-corrected chi connectivity index (χ3v) is 4.12. The Bertz CT molecular complexity index is 923. The molecule has 0 fully saturated rings. The van der Waals surface area contributed by atoms with Crippen molar-refractivity contribution in [3.8, 4) is 11.5 Å². The first kappa shape index (κ1) is 16.6. The first-order chi connectivity index (χ1) is 12.0. The average Bonchev–Trinajstić information content (AvgIpc) is 2.65. The summed E-state index contributed by atoms with van der Waals surface area (Å²) in [5.74, 6) is 0.829. The van der Waals surface area contributed by atoms with Crippen molar-refractivity contribution in [3.63, 3.8) is 0 Å². The van der Waals surface area contributed by atoms with Gasteiger partial charge in [0.1, 0.15) is 0 Å². The molecule has 0 aliphatic rings. The van der Waals surface area contributed by atoms with Crippen molar-refractivity contribution in [1.29, 1.82) is 0 Å². The predicted molar refractivity (Wildman–Crippen MR) is 97.9 cm³/mol. The maximum atomic E-state index is 11.2. The zero-order valence-electron chi connectivity index (χ0n) is 14.3. The van der Waals surface area contributed by atoms with Crippen LogP contribution < -0.4 is 20.1 Å². The first-order valence-electron chi connectivity index (χ1n) is 7.69. The second kappa shape index (κ2) is 6.68. The second-order valence-electron chi connectivity index (χ2n) is 5.52. The van der Waals surface area contributed by atoms with E-state index < -0.39 is 5.91 Å². The minimum absolute atomic E-state index is 0.444. The molecule has 0 radical (unpaired) electrons. The van der Waals surface area contributed by atoms with Gasteiger partial charge in [0, 0.05) is 35.9 Å². The summed E-state index contributed by atoms with van der Waals surface area (Å²) in [6, 6.07) is 12.8.